The molecule has 0 amide bonds. The number of hydrogen-bond donors (Lipinski definition) is 1. The van der Waals surface area contributed by atoms with E-state index in [1.54, 1.807) is 54.6 Å². The molecule has 1 N–H and O–H groups in total. The molecule has 0 unspecified atom stereocenters. The minimum absolute atomic E-state index is 0.169. The Morgan fingerprint density at radius 1 is 0.862 bits per heavy atom. The first-order valence-corrected chi connectivity index (χ1v) is 8.99. The molecule has 0 fully saturated rings. The standard InChI is InChI=1S/C23H19F3N2O/c1-16-11-12-19(15-17(16)2)27-22(23(24,25)26)20(28-13-7-4-8-14-28)21(29)18-9-5-3-6-10-18/h3-15H,1-2H3/p+1. The SMILES string of the molecule is Cc1ccc(NC(=C(C(=O)c2ccccc2)[n+]2ccccc2)C(F)(F)F)cc1C. The fraction of sp³-hybridized carbons (Fsp3) is 0.130. The molecule has 1 aromatic heterocycles. The van der Waals surface area contributed by atoms with Crippen molar-refractivity contribution < 1.29 is 22.5 Å². The average Bonchev–Trinajstić information content (AvgIpc) is 2.71. The van der Waals surface area contributed by atoms with E-state index < -0.39 is 23.4 Å². The Morgan fingerprint density at radius 2 is 1.48 bits per heavy atom. The molecule has 0 saturated heterocycles. The molecular weight excluding hydrogens is 377 g/mol. The van der Waals surface area contributed by atoms with Crippen molar-refractivity contribution in [3.8, 4) is 0 Å². The van der Waals surface area contributed by atoms with E-state index >= 15 is 0 Å². The van der Waals surface area contributed by atoms with E-state index in [1.165, 1.54) is 29.1 Å². The molecule has 0 saturated carbocycles. The molecule has 29 heavy (non-hydrogen) atoms. The van der Waals surface area contributed by atoms with Crippen LogP contribution in [0.3, 0.4) is 0 Å². The number of aromatic nitrogens is 1. The number of halogens is 3. The highest BCUT2D eigenvalue weighted by Gasteiger charge is 2.43. The third kappa shape index (κ3) is 4.71. The van der Waals surface area contributed by atoms with Gasteiger partial charge >= 0.3 is 6.18 Å². The lowest BCUT2D eigenvalue weighted by atomic mass is 10.1. The summed E-state index contributed by atoms with van der Waals surface area (Å²) < 4.78 is 43.5. The van der Waals surface area contributed by atoms with E-state index in [0.29, 0.717) is 0 Å². The maximum Gasteiger partial charge on any atom is 0.438 e. The number of allylic oxidation sites excluding steroid dienone is 2. The highest BCUT2D eigenvalue weighted by molar-refractivity contribution is 6.22. The molecule has 3 aromatic rings. The van der Waals surface area contributed by atoms with Gasteiger partial charge in [0.2, 0.25) is 0 Å². The second-order valence-corrected chi connectivity index (χ2v) is 6.62. The third-order valence-electron chi connectivity index (χ3n) is 4.52. The van der Waals surface area contributed by atoms with Gasteiger partial charge in [-0.25, -0.2) is 0 Å². The maximum atomic E-state index is 14.1. The molecule has 3 rings (SSSR count). The van der Waals surface area contributed by atoms with Crippen LogP contribution >= 0.6 is 0 Å². The van der Waals surface area contributed by atoms with E-state index in [9.17, 15) is 18.0 Å². The smallest absolute Gasteiger partial charge is 0.346 e. The Kier molecular flexibility index (Phi) is 5.82. The largest absolute Gasteiger partial charge is 0.438 e. The Balaban J connectivity index is 2.22. The summed E-state index contributed by atoms with van der Waals surface area (Å²) in [6, 6.07) is 17.7. The summed E-state index contributed by atoms with van der Waals surface area (Å²) in [5.41, 5.74) is 0.622. The normalized spacial score (nSPS) is 12.3. The van der Waals surface area contributed by atoms with Gasteiger partial charge in [0.15, 0.2) is 18.1 Å². The molecular formula is C23H20F3N2O+. The van der Waals surface area contributed by atoms with Gasteiger partial charge in [0.1, 0.15) is 0 Å². The van der Waals surface area contributed by atoms with E-state index in [-0.39, 0.29) is 11.3 Å². The van der Waals surface area contributed by atoms with Crippen LogP contribution in [-0.4, -0.2) is 12.0 Å². The summed E-state index contributed by atoms with van der Waals surface area (Å²) in [7, 11) is 0. The van der Waals surface area contributed by atoms with Gasteiger partial charge < -0.3 is 5.32 Å². The number of aryl methyl sites for hydroxylation is 2. The summed E-state index contributed by atoms with van der Waals surface area (Å²) in [4.78, 5) is 13.1. The molecule has 0 aliphatic rings. The van der Waals surface area contributed by atoms with Crippen LogP contribution in [0.15, 0.2) is 84.8 Å². The predicted molar refractivity (Wildman–Crippen MR) is 106 cm³/mol. The van der Waals surface area contributed by atoms with Crippen LogP contribution in [-0.2, 0) is 0 Å². The molecule has 0 aliphatic heterocycles. The molecule has 0 atom stereocenters. The summed E-state index contributed by atoms with van der Waals surface area (Å²) in [5.74, 6) is -0.731. The van der Waals surface area contributed by atoms with Crippen LogP contribution in [0.5, 0.6) is 0 Å². The number of benzene rings is 2. The fourth-order valence-electron chi connectivity index (χ4n) is 2.86. The van der Waals surface area contributed by atoms with Gasteiger partial charge in [-0.1, -0.05) is 42.5 Å². The fourth-order valence-corrected chi connectivity index (χ4v) is 2.86. The second-order valence-electron chi connectivity index (χ2n) is 6.62. The molecule has 2 aromatic carbocycles. The van der Waals surface area contributed by atoms with Crippen molar-refractivity contribution in [1.29, 1.82) is 0 Å². The van der Waals surface area contributed by atoms with Crippen LogP contribution in [0.4, 0.5) is 18.9 Å². The number of carbonyl (C=O) groups excluding carboxylic acids is 1. The number of pyridine rings is 1. The first-order chi connectivity index (χ1) is 13.8. The van der Waals surface area contributed by atoms with Crippen molar-refractivity contribution >= 4 is 17.2 Å². The summed E-state index contributed by atoms with van der Waals surface area (Å²) in [6.07, 6.45) is -1.94. The van der Waals surface area contributed by atoms with Crippen LogP contribution < -0.4 is 9.88 Å². The zero-order valence-electron chi connectivity index (χ0n) is 16.0. The molecule has 1 heterocycles. The Morgan fingerprint density at radius 3 is 2.07 bits per heavy atom. The van der Waals surface area contributed by atoms with Crippen LogP contribution in [0.25, 0.3) is 5.70 Å². The first-order valence-electron chi connectivity index (χ1n) is 8.99. The van der Waals surface area contributed by atoms with Crippen molar-refractivity contribution in [3.05, 3.63) is 102 Å². The molecule has 0 bridgehead atoms. The van der Waals surface area contributed by atoms with Gasteiger partial charge in [-0.05, 0) is 37.1 Å². The van der Waals surface area contributed by atoms with Crippen molar-refractivity contribution in [1.82, 2.24) is 0 Å². The van der Waals surface area contributed by atoms with Crippen molar-refractivity contribution in [3.63, 3.8) is 0 Å². The lowest BCUT2D eigenvalue weighted by Crippen LogP contribution is -2.40. The topological polar surface area (TPSA) is 33.0 Å². The zero-order valence-corrected chi connectivity index (χ0v) is 16.0. The number of anilines is 1. The number of nitrogens with one attached hydrogen (secondary N) is 1. The van der Waals surface area contributed by atoms with Crippen LogP contribution in [0.2, 0.25) is 0 Å². The molecule has 0 radical (unpaired) electrons. The number of carbonyl (C=O) groups is 1. The molecule has 6 heteroatoms. The maximum absolute atomic E-state index is 14.1. The third-order valence-corrected chi connectivity index (χ3v) is 4.52. The van der Waals surface area contributed by atoms with Gasteiger partial charge in [0.25, 0.3) is 11.5 Å². The summed E-state index contributed by atoms with van der Waals surface area (Å²) in [6.45, 7) is 3.70. The van der Waals surface area contributed by atoms with E-state index in [4.69, 9.17) is 0 Å². The minimum atomic E-state index is -4.78. The Hall–Kier alpha value is -3.41. The molecule has 0 aliphatic carbocycles. The number of hydrogen-bond acceptors (Lipinski definition) is 2. The van der Waals surface area contributed by atoms with Gasteiger partial charge in [-0.15, -0.1) is 0 Å². The van der Waals surface area contributed by atoms with E-state index in [0.717, 1.165) is 11.1 Å². The van der Waals surface area contributed by atoms with E-state index in [2.05, 4.69) is 5.32 Å². The monoisotopic (exact) mass is 397 g/mol. The lowest BCUT2D eigenvalue weighted by Gasteiger charge is -2.16. The molecule has 0 spiro atoms. The number of nitrogens with zero attached hydrogens (tertiary/aromatic N) is 1. The van der Waals surface area contributed by atoms with Gasteiger partial charge in [-0.3, -0.25) is 4.79 Å². The lowest BCUT2D eigenvalue weighted by molar-refractivity contribution is -0.578. The van der Waals surface area contributed by atoms with Crippen molar-refractivity contribution in [2.45, 2.75) is 20.0 Å². The molecule has 148 valence electrons. The number of alkyl halides is 3. The zero-order chi connectivity index (χ0) is 21.0. The van der Waals surface area contributed by atoms with Crippen LogP contribution in [0, 0.1) is 13.8 Å². The summed E-state index contributed by atoms with van der Waals surface area (Å²) in [5, 5.41) is 2.45. The van der Waals surface area contributed by atoms with Crippen molar-refractivity contribution in [2.75, 3.05) is 5.32 Å². The predicted octanol–water partition coefficient (Wildman–Crippen LogP) is 5.32. The van der Waals surface area contributed by atoms with Crippen molar-refractivity contribution in [2.24, 2.45) is 0 Å². The number of rotatable bonds is 5. The van der Waals surface area contributed by atoms with Gasteiger partial charge in [0, 0.05) is 23.4 Å². The molecule has 3 nitrogen and oxygen atoms in total. The highest BCUT2D eigenvalue weighted by atomic mass is 19.4. The van der Waals surface area contributed by atoms with Crippen LogP contribution in [0.1, 0.15) is 21.5 Å². The minimum Gasteiger partial charge on any atom is -0.346 e. The average molecular weight is 397 g/mol. The number of ketones is 1. The Labute approximate surface area is 167 Å². The number of Topliss-reactive ketones (excluding diaryl/α,β-unsaturated/α-hetero) is 1. The van der Waals surface area contributed by atoms with E-state index in [1.807, 2.05) is 13.8 Å². The van der Waals surface area contributed by atoms with Gasteiger partial charge in [0.05, 0.1) is 0 Å². The Bertz CT molecular complexity index is 1040. The first kappa shape index (κ1) is 20.3. The highest BCUT2D eigenvalue weighted by Crippen LogP contribution is 2.31. The summed E-state index contributed by atoms with van der Waals surface area (Å²) >= 11 is 0. The van der Waals surface area contributed by atoms with Gasteiger partial charge in [-0.2, -0.15) is 17.7 Å². The second kappa shape index (κ2) is 8.31. The quantitative estimate of drug-likeness (QED) is 0.359.